The number of rotatable bonds is 5. The highest BCUT2D eigenvalue weighted by molar-refractivity contribution is 5.75. The molecule has 0 spiro atoms. The Bertz CT molecular complexity index is 869. The molecular formula is C18H24N6O. The monoisotopic (exact) mass is 340 g/mol. The Morgan fingerprint density at radius 2 is 2.12 bits per heavy atom. The summed E-state index contributed by atoms with van der Waals surface area (Å²) in [4.78, 5) is 9.57. The summed E-state index contributed by atoms with van der Waals surface area (Å²) < 4.78 is 7.70. The minimum absolute atomic E-state index is 0.502. The normalized spacial score (nSPS) is 18.6. The maximum atomic E-state index is 5.49. The van der Waals surface area contributed by atoms with Crippen molar-refractivity contribution in [1.29, 1.82) is 0 Å². The maximum Gasteiger partial charge on any atom is 0.230 e. The van der Waals surface area contributed by atoms with Gasteiger partial charge in [0.2, 0.25) is 11.8 Å². The minimum atomic E-state index is 0.502. The molecule has 0 aliphatic carbocycles. The third kappa shape index (κ3) is 3.29. The molecular weight excluding hydrogens is 316 g/mol. The highest BCUT2D eigenvalue weighted by Crippen LogP contribution is 2.20. The Morgan fingerprint density at radius 3 is 2.88 bits per heavy atom. The van der Waals surface area contributed by atoms with E-state index in [1.54, 1.807) is 0 Å². The van der Waals surface area contributed by atoms with Crippen molar-refractivity contribution in [3.8, 4) is 0 Å². The number of nitrogens with zero attached hydrogens (tertiary/aromatic N) is 6. The van der Waals surface area contributed by atoms with E-state index in [-0.39, 0.29) is 0 Å². The van der Waals surface area contributed by atoms with Crippen LogP contribution in [0, 0.1) is 6.92 Å². The number of likely N-dealkylation sites (N-methyl/N-ethyl adjacent to an activating group) is 1. The molecule has 4 rings (SSSR count). The average molecular weight is 340 g/mol. The van der Waals surface area contributed by atoms with Crippen molar-refractivity contribution in [3.63, 3.8) is 0 Å². The van der Waals surface area contributed by atoms with E-state index in [0.717, 1.165) is 37.4 Å². The molecule has 1 fully saturated rings. The number of fused-ring (bicyclic) bond motifs is 1. The van der Waals surface area contributed by atoms with E-state index < -0.39 is 0 Å². The topological polar surface area (TPSA) is 63.2 Å². The second-order valence-corrected chi connectivity index (χ2v) is 6.88. The van der Waals surface area contributed by atoms with Crippen molar-refractivity contribution in [2.24, 2.45) is 7.05 Å². The van der Waals surface area contributed by atoms with E-state index >= 15 is 0 Å². The number of hydrogen-bond acceptors (Lipinski definition) is 6. The zero-order valence-electron chi connectivity index (χ0n) is 15.0. The summed E-state index contributed by atoms with van der Waals surface area (Å²) in [6.45, 7) is 5.53. The first-order chi connectivity index (χ1) is 12.1. The first-order valence-corrected chi connectivity index (χ1v) is 8.72. The van der Waals surface area contributed by atoms with Crippen molar-refractivity contribution in [2.75, 3.05) is 20.1 Å². The first kappa shape index (κ1) is 16.2. The Morgan fingerprint density at radius 1 is 1.28 bits per heavy atom. The van der Waals surface area contributed by atoms with Gasteiger partial charge in [-0.2, -0.15) is 0 Å². The molecule has 0 N–H and O–H groups in total. The van der Waals surface area contributed by atoms with Crippen molar-refractivity contribution in [3.05, 3.63) is 41.9 Å². The van der Waals surface area contributed by atoms with Gasteiger partial charge in [0.05, 0.1) is 24.1 Å². The third-order valence-electron chi connectivity index (χ3n) is 5.07. The fourth-order valence-corrected chi connectivity index (χ4v) is 3.60. The highest BCUT2D eigenvalue weighted by atomic mass is 16.4. The molecule has 1 atom stereocenters. The van der Waals surface area contributed by atoms with E-state index in [1.165, 1.54) is 5.52 Å². The summed E-state index contributed by atoms with van der Waals surface area (Å²) in [6.07, 6.45) is 1.15. The Kier molecular flexibility index (Phi) is 4.27. The maximum absolute atomic E-state index is 5.49. The lowest BCUT2D eigenvalue weighted by Gasteiger charge is -2.23. The number of benzene rings is 1. The molecule has 0 saturated carbocycles. The lowest BCUT2D eigenvalue weighted by molar-refractivity contribution is 0.203. The van der Waals surface area contributed by atoms with Crippen molar-refractivity contribution in [2.45, 2.75) is 32.5 Å². The summed E-state index contributed by atoms with van der Waals surface area (Å²) in [5.74, 6) is 2.43. The van der Waals surface area contributed by atoms with Crippen LogP contribution in [0.3, 0.4) is 0 Å². The van der Waals surface area contributed by atoms with Gasteiger partial charge in [0, 0.05) is 33.1 Å². The van der Waals surface area contributed by atoms with Crippen LogP contribution in [0.4, 0.5) is 0 Å². The lowest BCUT2D eigenvalue weighted by atomic mass is 10.2. The zero-order chi connectivity index (χ0) is 17.4. The van der Waals surface area contributed by atoms with Gasteiger partial charge in [-0.1, -0.05) is 12.1 Å². The van der Waals surface area contributed by atoms with Gasteiger partial charge in [-0.25, -0.2) is 4.98 Å². The highest BCUT2D eigenvalue weighted by Gasteiger charge is 2.27. The molecule has 1 unspecified atom stereocenters. The number of likely N-dealkylation sites (tertiary alicyclic amines) is 1. The number of hydrogen-bond donors (Lipinski definition) is 0. The molecule has 1 aliphatic heterocycles. The number of imidazole rings is 1. The summed E-state index contributed by atoms with van der Waals surface area (Å²) in [5.41, 5.74) is 2.26. The molecule has 2 aromatic heterocycles. The fraction of sp³-hybridized carbons (Fsp3) is 0.500. The van der Waals surface area contributed by atoms with Crippen molar-refractivity contribution in [1.82, 2.24) is 29.5 Å². The van der Waals surface area contributed by atoms with Crippen LogP contribution in [-0.2, 0) is 20.1 Å². The van der Waals surface area contributed by atoms with Crippen LogP contribution in [-0.4, -0.2) is 55.7 Å². The largest absolute Gasteiger partial charge is 0.424 e. The molecule has 1 saturated heterocycles. The molecule has 3 heterocycles. The molecule has 25 heavy (non-hydrogen) atoms. The van der Waals surface area contributed by atoms with E-state index in [0.29, 0.717) is 24.4 Å². The van der Waals surface area contributed by atoms with E-state index in [2.05, 4.69) is 56.9 Å². The number of para-hydroxylation sites is 2. The number of aromatic nitrogens is 4. The number of aryl methyl sites for hydroxylation is 2. The summed E-state index contributed by atoms with van der Waals surface area (Å²) in [7, 11) is 4.23. The van der Waals surface area contributed by atoms with Crippen LogP contribution in [0.5, 0.6) is 0 Å². The molecule has 3 aromatic rings. The fourth-order valence-electron chi connectivity index (χ4n) is 3.60. The van der Waals surface area contributed by atoms with Crippen LogP contribution in [0.25, 0.3) is 11.0 Å². The molecule has 1 aliphatic rings. The second-order valence-electron chi connectivity index (χ2n) is 6.88. The van der Waals surface area contributed by atoms with Crippen LogP contribution >= 0.6 is 0 Å². The summed E-state index contributed by atoms with van der Waals surface area (Å²) in [5, 5.41) is 8.00. The van der Waals surface area contributed by atoms with E-state index in [4.69, 9.17) is 9.40 Å². The Labute approximate surface area is 147 Å². The van der Waals surface area contributed by atoms with Gasteiger partial charge in [0.1, 0.15) is 5.82 Å². The van der Waals surface area contributed by atoms with Crippen LogP contribution in [0.1, 0.15) is 24.0 Å². The molecule has 7 nitrogen and oxygen atoms in total. The van der Waals surface area contributed by atoms with Crippen LogP contribution < -0.4 is 0 Å². The summed E-state index contributed by atoms with van der Waals surface area (Å²) >= 11 is 0. The first-order valence-electron chi connectivity index (χ1n) is 8.72. The van der Waals surface area contributed by atoms with Gasteiger partial charge in [-0.05, 0) is 25.6 Å². The lowest BCUT2D eigenvalue weighted by Crippen LogP contribution is -2.34. The average Bonchev–Trinajstić information content (AvgIpc) is 3.29. The van der Waals surface area contributed by atoms with E-state index in [1.807, 2.05) is 13.0 Å². The third-order valence-corrected chi connectivity index (χ3v) is 5.07. The minimum Gasteiger partial charge on any atom is -0.424 e. The standard InChI is InChI=1S/C18H24N6O/c1-13-20-21-18(25-13)12-22(2)14-8-9-24(10-14)11-17-19-15-6-4-5-7-16(15)23(17)3/h4-7,14H,8-12H2,1-3H3. The van der Waals surface area contributed by atoms with Crippen molar-refractivity contribution < 1.29 is 4.42 Å². The second kappa shape index (κ2) is 6.57. The molecule has 1 aromatic carbocycles. The Balaban J connectivity index is 1.39. The SMILES string of the molecule is Cc1nnc(CN(C)C2CCN(Cc3nc4ccccc4n3C)C2)o1. The van der Waals surface area contributed by atoms with E-state index in [9.17, 15) is 0 Å². The van der Waals surface area contributed by atoms with Gasteiger partial charge in [0.15, 0.2) is 0 Å². The van der Waals surface area contributed by atoms with Gasteiger partial charge in [-0.15, -0.1) is 10.2 Å². The predicted molar refractivity (Wildman–Crippen MR) is 94.9 cm³/mol. The predicted octanol–water partition coefficient (Wildman–Crippen LogP) is 1.97. The van der Waals surface area contributed by atoms with Crippen LogP contribution in [0.15, 0.2) is 28.7 Å². The zero-order valence-corrected chi connectivity index (χ0v) is 15.0. The van der Waals surface area contributed by atoms with Gasteiger partial charge in [0.25, 0.3) is 0 Å². The molecule has 0 bridgehead atoms. The summed E-state index contributed by atoms with van der Waals surface area (Å²) in [6, 6.07) is 8.80. The van der Waals surface area contributed by atoms with Gasteiger partial charge in [-0.3, -0.25) is 9.80 Å². The van der Waals surface area contributed by atoms with Crippen LogP contribution in [0.2, 0.25) is 0 Å². The quantitative estimate of drug-likeness (QED) is 0.708. The molecule has 7 heteroatoms. The molecule has 0 radical (unpaired) electrons. The van der Waals surface area contributed by atoms with Crippen molar-refractivity contribution >= 4 is 11.0 Å². The molecule has 0 amide bonds. The smallest absolute Gasteiger partial charge is 0.230 e. The van der Waals surface area contributed by atoms with Gasteiger partial charge >= 0.3 is 0 Å². The van der Waals surface area contributed by atoms with Gasteiger partial charge < -0.3 is 8.98 Å². The molecule has 132 valence electrons. The Hall–Kier alpha value is -2.25.